The van der Waals surface area contributed by atoms with Crippen molar-refractivity contribution >= 4 is 5.71 Å². The van der Waals surface area contributed by atoms with Gasteiger partial charge in [-0.2, -0.15) is 18.4 Å². The zero-order valence-corrected chi connectivity index (χ0v) is 18.1. The Kier molecular flexibility index (Phi) is 6.86. The molecule has 0 amide bonds. The van der Waals surface area contributed by atoms with Gasteiger partial charge in [0.15, 0.2) is 6.61 Å². The number of nitrogens with zero attached hydrogens (tertiary/aromatic N) is 4. The molecular weight excluding hydrogens is 447 g/mol. The van der Waals surface area contributed by atoms with Crippen LogP contribution in [0, 0.1) is 0 Å². The summed E-state index contributed by atoms with van der Waals surface area (Å²) >= 11 is 0. The summed E-state index contributed by atoms with van der Waals surface area (Å²) in [4.78, 5) is 5.47. The largest absolute Gasteiger partial charge is 0.485 e. The third-order valence-corrected chi connectivity index (χ3v) is 4.96. The lowest BCUT2D eigenvalue weighted by Gasteiger charge is -2.08. The number of oxime groups is 1. The standard InChI is InChI=1S/C24H20F3N5O2/c1-16(18-8-12-22(13-9-18)33-15-23-28-31-32-29-23)30-34-14-17-2-4-19(5-3-17)20-6-10-21(11-7-20)24(25,26)27/h2-13H,14-15H2,1H3,(H,28,29,31,32). The number of aromatic nitrogens is 4. The minimum atomic E-state index is -4.34. The molecule has 1 aromatic heterocycles. The summed E-state index contributed by atoms with van der Waals surface area (Å²) < 4.78 is 43.7. The minimum absolute atomic E-state index is 0.212. The van der Waals surface area contributed by atoms with Gasteiger partial charge in [0.1, 0.15) is 12.4 Å². The Morgan fingerprint density at radius 1 is 0.882 bits per heavy atom. The molecule has 0 aliphatic rings. The molecule has 0 saturated carbocycles. The van der Waals surface area contributed by atoms with Crippen molar-refractivity contribution in [2.75, 3.05) is 0 Å². The molecule has 0 bridgehead atoms. The maximum Gasteiger partial charge on any atom is 0.416 e. The van der Waals surface area contributed by atoms with Gasteiger partial charge in [-0.05, 0) is 65.6 Å². The number of rotatable bonds is 8. The summed E-state index contributed by atoms with van der Waals surface area (Å²) in [6.07, 6.45) is -4.34. The first-order valence-corrected chi connectivity index (χ1v) is 10.3. The Morgan fingerprint density at radius 3 is 2.12 bits per heavy atom. The summed E-state index contributed by atoms with van der Waals surface area (Å²) in [6.45, 7) is 2.31. The van der Waals surface area contributed by atoms with E-state index in [1.54, 1.807) is 0 Å². The number of aromatic amines is 1. The third-order valence-electron chi connectivity index (χ3n) is 4.96. The first kappa shape index (κ1) is 23.0. The molecule has 34 heavy (non-hydrogen) atoms. The Balaban J connectivity index is 1.29. The molecule has 1 N–H and O–H groups in total. The zero-order valence-electron chi connectivity index (χ0n) is 18.1. The van der Waals surface area contributed by atoms with E-state index >= 15 is 0 Å². The van der Waals surface area contributed by atoms with E-state index in [1.807, 2.05) is 55.5 Å². The summed E-state index contributed by atoms with van der Waals surface area (Å²) in [5.74, 6) is 1.12. The molecule has 0 fully saturated rings. The number of H-pyrrole nitrogens is 1. The van der Waals surface area contributed by atoms with Crippen LogP contribution < -0.4 is 4.74 Å². The maximum atomic E-state index is 12.7. The normalized spacial score (nSPS) is 11.9. The Labute approximate surface area is 193 Å². The molecule has 10 heteroatoms. The van der Waals surface area contributed by atoms with E-state index in [0.29, 0.717) is 22.8 Å². The van der Waals surface area contributed by atoms with Gasteiger partial charge in [-0.3, -0.25) is 0 Å². The van der Waals surface area contributed by atoms with Crippen LogP contribution in [0.5, 0.6) is 5.75 Å². The van der Waals surface area contributed by atoms with Crippen LogP contribution >= 0.6 is 0 Å². The molecule has 0 saturated heterocycles. The van der Waals surface area contributed by atoms with Gasteiger partial charge in [0.05, 0.1) is 11.3 Å². The number of benzene rings is 3. The number of hydrogen-bond acceptors (Lipinski definition) is 6. The second-order valence-corrected chi connectivity index (χ2v) is 7.36. The molecule has 174 valence electrons. The van der Waals surface area contributed by atoms with E-state index in [9.17, 15) is 13.2 Å². The molecule has 0 spiro atoms. The predicted octanol–water partition coefficient (Wildman–Crippen LogP) is 5.41. The molecule has 7 nitrogen and oxygen atoms in total. The fraction of sp³-hybridized carbons (Fsp3) is 0.167. The zero-order chi connectivity index (χ0) is 24.0. The lowest BCUT2D eigenvalue weighted by molar-refractivity contribution is -0.137. The van der Waals surface area contributed by atoms with Crippen LogP contribution in [-0.4, -0.2) is 26.3 Å². The second-order valence-electron chi connectivity index (χ2n) is 7.36. The van der Waals surface area contributed by atoms with Gasteiger partial charge >= 0.3 is 6.18 Å². The number of ether oxygens (including phenoxy) is 1. The highest BCUT2D eigenvalue weighted by Crippen LogP contribution is 2.31. The predicted molar refractivity (Wildman–Crippen MR) is 119 cm³/mol. The van der Waals surface area contributed by atoms with Crippen LogP contribution in [-0.2, 0) is 24.2 Å². The fourth-order valence-electron chi connectivity index (χ4n) is 3.09. The number of halogens is 3. The van der Waals surface area contributed by atoms with E-state index in [2.05, 4.69) is 25.8 Å². The smallest absolute Gasteiger partial charge is 0.416 e. The molecule has 0 aliphatic heterocycles. The van der Waals surface area contributed by atoms with Crippen LogP contribution in [0.4, 0.5) is 13.2 Å². The lowest BCUT2D eigenvalue weighted by Crippen LogP contribution is -2.03. The van der Waals surface area contributed by atoms with Gasteiger partial charge in [0.25, 0.3) is 0 Å². The molecule has 4 aromatic rings. The third kappa shape index (κ3) is 5.97. The highest BCUT2D eigenvalue weighted by atomic mass is 19.4. The quantitative estimate of drug-likeness (QED) is 0.277. The van der Waals surface area contributed by atoms with Crippen molar-refractivity contribution < 1.29 is 22.7 Å². The van der Waals surface area contributed by atoms with E-state index in [0.717, 1.165) is 28.8 Å². The number of alkyl halides is 3. The molecule has 0 atom stereocenters. The maximum absolute atomic E-state index is 12.7. The summed E-state index contributed by atoms with van der Waals surface area (Å²) in [5.41, 5.74) is 3.33. The molecule has 0 aliphatic carbocycles. The highest BCUT2D eigenvalue weighted by Gasteiger charge is 2.29. The first-order chi connectivity index (χ1) is 16.4. The highest BCUT2D eigenvalue weighted by molar-refractivity contribution is 5.98. The molecule has 4 rings (SSSR count). The van der Waals surface area contributed by atoms with E-state index in [1.165, 1.54) is 12.1 Å². The number of hydrogen-bond donors (Lipinski definition) is 1. The van der Waals surface area contributed by atoms with Crippen molar-refractivity contribution in [1.82, 2.24) is 20.6 Å². The van der Waals surface area contributed by atoms with Crippen molar-refractivity contribution in [1.29, 1.82) is 0 Å². The summed E-state index contributed by atoms with van der Waals surface area (Å²) in [5, 5.41) is 17.6. The second kappa shape index (κ2) is 10.2. The van der Waals surface area contributed by atoms with Crippen molar-refractivity contribution in [3.8, 4) is 16.9 Å². The number of tetrazole rings is 1. The molecular formula is C24H20F3N5O2. The van der Waals surface area contributed by atoms with Gasteiger partial charge in [0, 0.05) is 0 Å². The van der Waals surface area contributed by atoms with Crippen molar-refractivity contribution in [3.63, 3.8) is 0 Å². The Bertz CT molecular complexity index is 1220. The molecule has 0 unspecified atom stereocenters. The van der Waals surface area contributed by atoms with Crippen LogP contribution in [0.1, 0.15) is 29.4 Å². The van der Waals surface area contributed by atoms with Gasteiger partial charge in [-0.25, -0.2) is 0 Å². The molecule has 1 heterocycles. The van der Waals surface area contributed by atoms with Crippen LogP contribution in [0.2, 0.25) is 0 Å². The van der Waals surface area contributed by atoms with Gasteiger partial charge in [-0.15, -0.1) is 10.2 Å². The number of nitrogens with one attached hydrogen (secondary N) is 1. The van der Waals surface area contributed by atoms with E-state index < -0.39 is 11.7 Å². The Hall–Kier alpha value is -4.21. The topological polar surface area (TPSA) is 85.3 Å². The minimum Gasteiger partial charge on any atom is -0.485 e. The van der Waals surface area contributed by atoms with Crippen molar-refractivity contribution in [2.45, 2.75) is 26.3 Å². The average Bonchev–Trinajstić information content (AvgIpc) is 3.37. The van der Waals surface area contributed by atoms with E-state index in [-0.39, 0.29) is 13.2 Å². The monoisotopic (exact) mass is 467 g/mol. The van der Waals surface area contributed by atoms with Crippen LogP contribution in [0.3, 0.4) is 0 Å². The van der Waals surface area contributed by atoms with Crippen molar-refractivity contribution in [3.05, 3.63) is 95.3 Å². The van der Waals surface area contributed by atoms with Crippen LogP contribution in [0.25, 0.3) is 11.1 Å². The average molecular weight is 467 g/mol. The summed E-state index contributed by atoms with van der Waals surface area (Å²) in [6, 6.07) is 19.8. The van der Waals surface area contributed by atoms with E-state index in [4.69, 9.17) is 9.57 Å². The van der Waals surface area contributed by atoms with Crippen molar-refractivity contribution in [2.24, 2.45) is 5.16 Å². The molecule has 3 aromatic carbocycles. The lowest BCUT2D eigenvalue weighted by atomic mass is 10.0. The first-order valence-electron chi connectivity index (χ1n) is 10.3. The van der Waals surface area contributed by atoms with Gasteiger partial charge in [-0.1, -0.05) is 46.8 Å². The van der Waals surface area contributed by atoms with Gasteiger partial charge < -0.3 is 9.57 Å². The Morgan fingerprint density at radius 2 is 1.53 bits per heavy atom. The summed E-state index contributed by atoms with van der Waals surface area (Å²) in [7, 11) is 0. The fourth-order valence-corrected chi connectivity index (χ4v) is 3.09. The van der Waals surface area contributed by atoms with Gasteiger partial charge in [0.2, 0.25) is 5.82 Å². The SMILES string of the molecule is CC(=NOCc1ccc(-c2ccc(C(F)(F)F)cc2)cc1)c1ccc(OCc2nn[nH]n2)cc1. The van der Waals surface area contributed by atoms with Crippen LogP contribution in [0.15, 0.2) is 78.0 Å². The molecule has 0 radical (unpaired) electrons.